The molecule has 2 N–H and O–H groups in total. The maximum atomic E-state index is 6.19. The van der Waals surface area contributed by atoms with E-state index < -0.39 is 0 Å². The lowest BCUT2D eigenvalue weighted by Gasteiger charge is -2.15. The van der Waals surface area contributed by atoms with E-state index in [2.05, 4.69) is 38.1 Å². The maximum absolute atomic E-state index is 6.19. The fraction of sp³-hybridized carbons (Fsp3) is 0.250. The SMILES string of the molecule is CC(NCc1cnc[nH]1)c1ccc(Br)cc1Cl. The van der Waals surface area contributed by atoms with Gasteiger partial charge in [-0.1, -0.05) is 33.6 Å². The molecule has 0 fully saturated rings. The molecule has 0 saturated carbocycles. The van der Waals surface area contributed by atoms with E-state index in [0.29, 0.717) is 0 Å². The molecule has 1 unspecified atom stereocenters. The van der Waals surface area contributed by atoms with Gasteiger partial charge in [-0.3, -0.25) is 0 Å². The lowest BCUT2D eigenvalue weighted by Crippen LogP contribution is -2.18. The van der Waals surface area contributed by atoms with E-state index in [-0.39, 0.29) is 6.04 Å². The average Bonchev–Trinajstić information content (AvgIpc) is 2.78. The second-order valence-corrected chi connectivity index (χ2v) is 5.17. The number of hydrogen-bond acceptors (Lipinski definition) is 2. The molecule has 0 amide bonds. The molecule has 17 heavy (non-hydrogen) atoms. The Balaban J connectivity index is 2.01. The van der Waals surface area contributed by atoms with Crippen molar-refractivity contribution in [2.24, 2.45) is 0 Å². The van der Waals surface area contributed by atoms with Crippen molar-refractivity contribution in [3.05, 3.63) is 51.5 Å². The highest BCUT2D eigenvalue weighted by Crippen LogP contribution is 2.26. The van der Waals surface area contributed by atoms with Crippen LogP contribution in [0.4, 0.5) is 0 Å². The van der Waals surface area contributed by atoms with Crippen LogP contribution < -0.4 is 5.32 Å². The highest BCUT2D eigenvalue weighted by Gasteiger charge is 2.09. The third-order valence-corrected chi connectivity index (χ3v) is 3.40. The Bertz CT molecular complexity index is 485. The van der Waals surface area contributed by atoms with Gasteiger partial charge < -0.3 is 10.3 Å². The van der Waals surface area contributed by atoms with Crippen LogP contribution in [0, 0.1) is 0 Å². The molecular formula is C12H13BrClN3. The van der Waals surface area contributed by atoms with Crippen LogP contribution in [0.25, 0.3) is 0 Å². The number of nitrogens with zero attached hydrogens (tertiary/aromatic N) is 1. The Labute approximate surface area is 114 Å². The van der Waals surface area contributed by atoms with Gasteiger partial charge in [0.2, 0.25) is 0 Å². The van der Waals surface area contributed by atoms with Gasteiger partial charge in [-0.05, 0) is 24.6 Å². The summed E-state index contributed by atoms with van der Waals surface area (Å²) < 4.78 is 0.993. The summed E-state index contributed by atoms with van der Waals surface area (Å²) in [5.74, 6) is 0. The standard InChI is InChI=1S/C12H13BrClN3/c1-8(16-6-10-5-15-7-17-10)11-3-2-9(13)4-12(11)14/h2-5,7-8,16H,6H2,1H3,(H,15,17). The first-order valence-electron chi connectivity index (χ1n) is 5.32. The normalized spacial score (nSPS) is 12.6. The Morgan fingerprint density at radius 2 is 2.35 bits per heavy atom. The minimum atomic E-state index is 0.193. The number of halogens is 2. The summed E-state index contributed by atoms with van der Waals surface area (Å²) in [7, 11) is 0. The lowest BCUT2D eigenvalue weighted by atomic mass is 10.1. The minimum Gasteiger partial charge on any atom is -0.347 e. The van der Waals surface area contributed by atoms with Crippen LogP contribution in [0.2, 0.25) is 5.02 Å². The van der Waals surface area contributed by atoms with Crippen molar-refractivity contribution in [2.45, 2.75) is 19.5 Å². The predicted molar refractivity (Wildman–Crippen MR) is 73.0 cm³/mol. The molecule has 1 atom stereocenters. The largest absolute Gasteiger partial charge is 0.347 e. The van der Waals surface area contributed by atoms with Crippen molar-refractivity contribution in [3.63, 3.8) is 0 Å². The first-order chi connectivity index (χ1) is 8.16. The second-order valence-electron chi connectivity index (χ2n) is 3.85. The van der Waals surface area contributed by atoms with E-state index in [1.54, 1.807) is 6.33 Å². The zero-order valence-electron chi connectivity index (χ0n) is 9.37. The van der Waals surface area contributed by atoms with Crippen LogP contribution in [-0.4, -0.2) is 9.97 Å². The van der Waals surface area contributed by atoms with Gasteiger partial charge in [0.05, 0.1) is 6.33 Å². The van der Waals surface area contributed by atoms with Gasteiger partial charge >= 0.3 is 0 Å². The van der Waals surface area contributed by atoms with Gasteiger partial charge in [0.15, 0.2) is 0 Å². The summed E-state index contributed by atoms with van der Waals surface area (Å²) in [6, 6.07) is 6.12. The number of aromatic amines is 1. The molecule has 90 valence electrons. The highest BCUT2D eigenvalue weighted by molar-refractivity contribution is 9.10. The summed E-state index contributed by atoms with van der Waals surface area (Å²) >= 11 is 9.59. The molecule has 0 saturated heterocycles. The van der Waals surface area contributed by atoms with Crippen LogP contribution in [0.5, 0.6) is 0 Å². The first kappa shape index (κ1) is 12.6. The van der Waals surface area contributed by atoms with E-state index in [1.165, 1.54) is 0 Å². The number of nitrogens with one attached hydrogen (secondary N) is 2. The molecule has 2 aromatic rings. The molecule has 1 aromatic carbocycles. The summed E-state index contributed by atoms with van der Waals surface area (Å²) in [6.45, 7) is 2.83. The Hall–Kier alpha value is -0.840. The Morgan fingerprint density at radius 3 is 3.00 bits per heavy atom. The zero-order chi connectivity index (χ0) is 12.3. The molecule has 0 spiro atoms. The molecule has 1 aromatic heterocycles. The third kappa shape index (κ3) is 3.31. The monoisotopic (exact) mass is 313 g/mol. The fourth-order valence-electron chi connectivity index (χ4n) is 1.61. The second kappa shape index (κ2) is 5.67. The molecule has 0 aliphatic rings. The average molecular weight is 315 g/mol. The number of aromatic nitrogens is 2. The summed E-state index contributed by atoms with van der Waals surface area (Å²) in [5.41, 5.74) is 2.15. The predicted octanol–water partition coefficient (Wildman–Crippen LogP) is 3.68. The van der Waals surface area contributed by atoms with E-state index >= 15 is 0 Å². The number of imidazole rings is 1. The Kier molecular flexibility index (Phi) is 4.20. The van der Waals surface area contributed by atoms with Gasteiger partial charge in [0.25, 0.3) is 0 Å². The molecule has 0 bridgehead atoms. The summed E-state index contributed by atoms with van der Waals surface area (Å²) in [5, 5.41) is 4.16. The summed E-state index contributed by atoms with van der Waals surface area (Å²) in [6.07, 6.45) is 3.48. The number of rotatable bonds is 4. The molecule has 0 radical (unpaired) electrons. The van der Waals surface area contributed by atoms with E-state index in [4.69, 9.17) is 11.6 Å². The number of hydrogen-bond donors (Lipinski definition) is 2. The molecular weight excluding hydrogens is 302 g/mol. The van der Waals surface area contributed by atoms with Crippen LogP contribution in [-0.2, 0) is 6.54 Å². The molecule has 0 aliphatic heterocycles. The van der Waals surface area contributed by atoms with Gasteiger partial charge in [-0.25, -0.2) is 4.98 Å². The molecule has 0 aliphatic carbocycles. The van der Waals surface area contributed by atoms with Crippen molar-refractivity contribution in [2.75, 3.05) is 0 Å². The van der Waals surface area contributed by atoms with E-state index in [1.807, 2.05) is 24.4 Å². The van der Waals surface area contributed by atoms with Crippen LogP contribution in [0.1, 0.15) is 24.2 Å². The highest BCUT2D eigenvalue weighted by atomic mass is 79.9. The van der Waals surface area contributed by atoms with E-state index in [0.717, 1.165) is 27.3 Å². The smallest absolute Gasteiger partial charge is 0.0922 e. The van der Waals surface area contributed by atoms with Crippen molar-refractivity contribution in [1.29, 1.82) is 0 Å². The zero-order valence-corrected chi connectivity index (χ0v) is 11.7. The maximum Gasteiger partial charge on any atom is 0.0922 e. The van der Waals surface area contributed by atoms with Gasteiger partial charge in [-0.15, -0.1) is 0 Å². The quantitative estimate of drug-likeness (QED) is 0.904. The third-order valence-electron chi connectivity index (χ3n) is 2.58. The van der Waals surface area contributed by atoms with Crippen molar-refractivity contribution < 1.29 is 0 Å². The van der Waals surface area contributed by atoms with Crippen LogP contribution >= 0.6 is 27.5 Å². The Morgan fingerprint density at radius 1 is 1.53 bits per heavy atom. The number of H-pyrrole nitrogens is 1. The molecule has 3 nitrogen and oxygen atoms in total. The van der Waals surface area contributed by atoms with Crippen LogP contribution in [0.3, 0.4) is 0 Å². The topological polar surface area (TPSA) is 40.7 Å². The van der Waals surface area contributed by atoms with Gasteiger partial charge in [0.1, 0.15) is 0 Å². The molecule has 2 rings (SSSR count). The molecule has 5 heteroatoms. The fourth-order valence-corrected chi connectivity index (χ4v) is 2.44. The van der Waals surface area contributed by atoms with Gasteiger partial charge in [0, 0.05) is 34.0 Å². The van der Waals surface area contributed by atoms with Crippen molar-refractivity contribution >= 4 is 27.5 Å². The minimum absolute atomic E-state index is 0.193. The number of benzene rings is 1. The van der Waals surface area contributed by atoms with E-state index in [9.17, 15) is 0 Å². The van der Waals surface area contributed by atoms with Crippen molar-refractivity contribution in [3.8, 4) is 0 Å². The molecule has 1 heterocycles. The summed E-state index contributed by atoms with van der Waals surface area (Å²) in [4.78, 5) is 7.03. The van der Waals surface area contributed by atoms with Gasteiger partial charge in [-0.2, -0.15) is 0 Å². The first-order valence-corrected chi connectivity index (χ1v) is 6.49. The van der Waals surface area contributed by atoms with Crippen LogP contribution in [0.15, 0.2) is 35.2 Å². The lowest BCUT2D eigenvalue weighted by molar-refractivity contribution is 0.569. The van der Waals surface area contributed by atoms with Crippen molar-refractivity contribution in [1.82, 2.24) is 15.3 Å².